The molecule has 0 atom stereocenters. The molecule has 102 valence electrons. The molecule has 5 heteroatoms. The molecular weight excluding hydrogens is 262 g/mol. The Hall–Kier alpha value is -3.00. The summed E-state index contributed by atoms with van der Waals surface area (Å²) >= 11 is 0. The van der Waals surface area contributed by atoms with Crippen molar-refractivity contribution in [2.45, 2.75) is 13.5 Å². The number of hydrogen-bond acceptors (Lipinski definition) is 4. The quantitative estimate of drug-likeness (QED) is 0.736. The summed E-state index contributed by atoms with van der Waals surface area (Å²) < 4.78 is 1.75. The Morgan fingerprint density at radius 3 is 2.76 bits per heavy atom. The third kappa shape index (κ3) is 2.51. The Kier molecular flexibility index (Phi) is 3.44. The van der Waals surface area contributed by atoms with Crippen LogP contribution in [0.25, 0.3) is 11.3 Å². The smallest absolute Gasteiger partial charge is 0.190 e. The van der Waals surface area contributed by atoms with Crippen LogP contribution in [0.4, 0.5) is 0 Å². The summed E-state index contributed by atoms with van der Waals surface area (Å²) in [5, 5.41) is 17.3. The van der Waals surface area contributed by atoms with E-state index in [1.165, 1.54) is 5.56 Å². The SMILES string of the molecule is Cc1ccccc1Cn1nnc(C#N)c1-c1cccnc1. The van der Waals surface area contributed by atoms with E-state index in [4.69, 9.17) is 0 Å². The van der Waals surface area contributed by atoms with E-state index in [1.807, 2.05) is 24.3 Å². The first-order valence-electron chi connectivity index (χ1n) is 6.58. The molecule has 0 aliphatic rings. The standard InChI is InChI=1S/C16H13N5/c1-12-5-2-3-6-14(12)11-21-16(15(9-17)19-20-21)13-7-4-8-18-10-13/h2-8,10H,11H2,1H3. The van der Waals surface area contributed by atoms with Crippen LogP contribution in [0.1, 0.15) is 16.8 Å². The molecule has 2 aromatic heterocycles. The van der Waals surface area contributed by atoms with E-state index in [-0.39, 0.29) is 0 Å². The topological polar surface area (TPSA) is 67.4 Å². The van der Waals surface area contributed by atoms with E-state index in [0.717, 1.165) is 11.1 Å². The van der Waals surface area contributed by atoms with Gasteiger partial charge in [0.15, 0.2) is 5.69 Å². The van der Waals surface area contributed by atoms with Gasteiger partial charge in [-0.25, -0.2) is 4.68 Å². The normalized spacial score (nSPS) is 10.3. The monoisotopic (exact) mass is 275 g/mol. The number of hydrogen-bond donors (Lipinski definition) is 0. The molecule has 0 aliphatic heterocycles. The first-order valence-corrected chi connectivity index (χ1v) is 6.58. The molecule has 0 radical (unpaired) electrons. The predicted octanol–water partition coefficient (Wildman–Crippen LogP) is 2.57. The Balaban J connectivity index is 2.07. The van der Waals surface area contributed by atoms with Gasteiger partial charge in [-0.15, -0.1) is 5.10 Å². The molecule has 3 aromatic rings. The lowest BCUT2D eigenvalue weighted by Crippen LogP contribution is -2.05. The van der Waals surface area contributed by atoms with Gasteiger partial charge in [-0.05, 0) is 30.2 Å². The number of pyridine rings is 1. The van der Waals surface area contributed by atoms with Crippen molar-refractivity contribution in [1.82, 2.24) is 20.0 Å². The van der Waals surface area contributed by atoms with E-state index in [2.05, 4.69) is 40.4 Å². The fraction of sp³-hybridized carbons (Fsp3) is 0.125. The van der Waals surface area contributed by atoms with Gasteiger partial charge in [0.05, 0.1) is 6.54 Å². The molecule has 0 spiro atoms. The molecule has 0 amide bonds. The lowest BCUT2D eigenvalue weighted by molar-refractivity contribution is 0.653. The molecule has 1 aromatic carbocycles. The van der Waals surface area contributed by atoms with Crippen molar-refractivity contribution in [3.05, 3.63) is 65.6 Å². The van der Waals surface area contributed by atoms with Crippen LogP contribution in [0, 0.1) is 18.3 Å². The van der Waals surface area contributed by atoms with Crippen LogP contribution in [-0.2, 0) is 6.54 Å². The zero-order valence-corrected chi connectivity index (χ0v) is 11.6. The van der Waals surface area contributed by atoms with Gasteiger partial charge in [-0.2, -0.15) is 5.26 Å². The Morgan fingerprint density at radius 2 is 2.05 bits per heavy atom. The van der Waals surface area contributed by atoms with Crippen LogP contribution in [0.5, 0.6) is 0 Å². The molecule has 5 nitrogen and oxygen atoms in total. The van der Waals surface area contributed by atoms with E-state index >= 15 is 0 Å². The van der Waals surface area contributed by atoms with Gasteiger partial charge in [0.2, 0.25) is 0 Å². The van der Waals surface area contributed by atoms with E-state index in [0.29, 0.717) is 17.9 Å². The van der Waals surface area contributed by atoms with Gasteiger partial charge >= 0.3 is 0 Å². The Labute approximate surface area is 122 Å². The average molecular weight is 275 g/mol. The second kappa shape index (κ2) is 5.55. The molecule has 0 bridgehead atoms. The number of rotatable bonds is 3. The summed E-state index contributed by atoms with van der Waals surface area (Å²) in [5.74, 6) is 0. The van der Waals surface area contributed by atoms with Crippen molar-refractivity contribution in [2.24, 2.45) is 0 Å². The zero-order chi connectivity index (χ0) is 14.7. The Bertz CT molecular complexity index is 799. The molecule has 0 unspecified atom stereocenters. The predicted molar refractivity (Wildman–Crippen MR) is 78.2 cm³/mol. The molecule has 0 N–H and O–H groups in total. The maximum Gasteiger partial charge on any atom is 0.190 e. The third-order valence-corrected chi connectivity index (χ3v) is 3.36. The number of benzene rings is 1. The summed E-state index contributed by atoms with van der Waals surface area (Å²) in [6, 6.07) is 13.9. The van der Waals surface area contributed by atoms with Crippen molar-refractivity contribution in [2.75, 3.05) is 0 Å². The van der Waals surface area contributed by atoms with E-state index in [1.54, 1.807) is 17.1 Å². The molecule has 0 aliphatic carbocycles. The van der Waals surface area contributed by atoms with Crippen LogP contribution in [0.3, 0.4) is 0 Å². The summed E-state index contributed by atoms with van der Waals surface area (Å²) in [7, 11) is 0. The van der Waals surface area contributed by atoms with Crippen LogP contribution in [-0.4, -0.2) is 20.0 Å². The summed E-state index contributed by atoms with van der Waals surface area (Å²) in [6.45, 7) is 2.63. The van der Waals surface area contributed by atoms with E-state index in [9.17, 15) is 5.26 Å². The van der Waals surface area contributed by atoms with Gasteiger partial charge < -0.3 is 0 Å². The molecule has 2 heterocycles. The largest absolute Gasteiger partial charge is 0.264 e. The third-order valence-electron chi connectivity index (χ3n) is 3.36. The van der Waals surface area contributed by atoms with Crippen LogP contribution >= 0.6 is 0 Å². The van der Waals surface area contributed by atoms with Crippen molar-refractivity contribution >= 4 is 0 Å². The minimum absolute atomic E-state index is 0.316. The Morgan fingerprint density at radius 1 is 1.19 bits per heavy atom. The lowest BCUT2D eigenvalue weighted by atomic mass is 10.1. The molecular formula is C16H13N5. The molecule has 3 rings (SSSR count). The van der Waals surface area contributed by atoms with Crippen LogP contribution in [0.2, 0.25) is 0 Å². The minimum Gasteiger partial charge on any atom is -0.264 e. The van der Waals surface area contributed by atoms with Gasteiger partial charge in [0, 0.05) is 18.0 Å². The van der Waals surface area contributed by atoms with Gasteiger partial charge in [0.25, 0.3) is 0 Å². The first kappa shape index (κ1) is 13.0. The summed E-state index contributed by atoms with van der Waals surface area (Å²) in [6.07, 6.45) is 3.42. The zero-order valence-electron chi connectivity index (χ0n) is 11.6. The maximum absolute atomic E-state index is 9.23. The highest BCUT2D eigenvalue weighted by Crippen LogP contribution is 2.22. The fourth-order valence-electron chi connectivity index (χ4n) is 2.24. The van der Waals surface area contributed by atoms with Gasteiger partial charge in [0.1, 0.15) is 11.8 Å². The molecule has 21 heavy (non-hydrogen) atoms. The first-order chi connectivity index (χ1) is 10.3. The van der Waals surface area contributed by atoms with Crippen molar-refractivity contribution in [3.63, 3.8) is 0 Å². The average Bonchev–Trinajstić information content (AvgIpc) is 2.93. The maximum atomic E-state index is 9.23. The van der Waals surface area contributed by atoms with Crippen molar-refractivity contribution < 1.29 is 0 Å². The van der Waals surface area contributed by atoms with Crippen molar-refractivity contribution in [1.29, 1.82) is 5.26 Å². The fourth-order valence-corrected chi connectivity index (χ4v) is 2.24. The van der Waals surface area contributed by atoms with Crippen molar-refractivity contribution in [3.8, 4) is 17.3 Å². The van der Waals surface area contributed by atoms with E-state index < -0.39 is 0 Å². The summed E-state index contributed by atoms with van der Waals surface area (Å²) in [5.41, 5.74) is 4.19. The lowest BCUT2D eigenvalue weighted by Gasteiger charge is -2.08. The number of aromatic nitrogens is 4. The number of aryl methyl sites for hydroxylation is 1. The minimum atomic E-state index is 0.316. The van der Waals surface area contributed by atoms with Gasteiger partial charge in [-0.3, -0.25) is 4.98 Å². The number of nitriles is 1. The molecule has 0 saturated carbocycles. The number of nitrogens with zero attached hydrogens (tertiary/aromatic N) is 5. The molecule has 0 fully saturated rings. The highest BCUT2D eigenvalue weighted by Gasteiger charge is 2.15. The second-order valence-corrected chi connectivity index (χ2v) is 4.72. The summed E-state index contributed by atoms with van der Waals surface area (Å²) in [4.78, 5) is 4.10. The van der Waals surface area contributed by atoms with Crippen LogP contribution < -0.4 is 0 Å². The highest BCUT2D eigenvalue weighted by molar-refractivity contribution is 5.63. The van der Waals surface area contributed by atoms with Crippen LogP contribution in [0.15, 0.2) is 48.8 Å². The molecule has 0 saturated heterocycles. The second-order valence-electron chi connectivity index (χ2n) is 4.72. The van der Waals surface area contributed by atoms with Gasteiger partial charge in [-0.1, -0.05) is 29.5 Å². The highest BCUT2D eigenvalue weighted by atomic mass is 15.4.